The largest absolute Gasteiger partial charge is 0.356 e. The molecular weight excluding hydrogens is 276 g/mol. The van der Waals surface area contributed by atoms with Crippen molar-refractivity contribution in [2.24, 2.45) is 0 Å². The number of aromatic nitrogens is 2. The van der Waals surface area contributed by atoms with Gasteiger partial charge in [0.25, 0.3) is 0 Å². The number of amides is 1. The number of hydrogen-bond donors (Lipinski definition) is 1. The molecule has 0 bridgehead atoms. The van der Waals surface area contributed by atoms with Gasteiger partial charge in [-0.2, -0.15) is 0 Å². The van der Waals surface area contributed by atoms with E-state index in [1.807, 2.05) is 25.1 Å². The van der Waals surface area contributed by atoms with Crippen LogP contribution in [0.1, 0.15) is 25.6 Å². The average Bonchev–Trinajstić information content (AvgIpc) is 2.83. The van der Waals surface area contributed by atoms with E-state index in [1.54, 1.807) is 0 Å². The summed E-state index contributed by atoms with van der Waals surface area (Å²) in [5.74, 6) is 1.17. The fraction of sp³-hybridized carbons (Fsp3) is 0.529. The SMILES string of the molecule is CCCC(=O)NCCc1nc2ccccc2n1CCN(C)C. The van der Waals surface area contributed by atoms with Gasteiger partial charge in [0.1, 0.15) is 5.82 Å². The highest BCUT2D eigenvalue weighted by molar-refractivity contribution is 5.76. The van der Waals surface area contributed by atoms with Gasteiger partial charge in [0, 0.05) is 32.5 Å². The lowest BCUT2D eigenvalue weighted by molar-refractivity contribution is -0.121. The van der Waals surface area contributed by atoms with E-state index in [-0.39, 0.29) is 5.91 Å². The van der Waals surface area contributed by atoms with Crippen molar-refractivity contribution in [1.29, 1.82) is 0 Å². The van der Waals surface area contributed by atoms with E-state index in [9.17, 15) is 4.79 Å². The molecule has 0 spiro atoms. The van der Waals surface area contributed by atoms with E-state index in [0.29, 0.717) is 13.0 Å². The molecule has 5 nitrogen and oxygen atoms in total. The fourth-order valence-corrected chi connectivity index (χ4v) is 2.49. The zero-order chi connectivity index (χ0) is 15.9. The van der Waals surface area contributed by atoms with E-state index in [2.05, 4.69) is 34.9 Å². The molecule has 1 N–H and O–H groups in total. The molecule has 0 saturated heterocycles. The Kier molecular flexibility index (Phi) is 5.95. The van der Waals surface area contributed by atoms with Crippen LogP contribution in [0.3, 0.4) is 0 Å². The summed E-state index contributed by atoms with van der Waals surface area (Å²) < 4.78 is 2.27. The Labute approximate surface area is 132 Å². The van der Waals surface area contributed by atoms with Crippen LogP contribution in [0.2, 0.25) is 0 Å². The number of fused-ring (bicyclic) bond motifs is 1. The second-order valence-corrected chi connectivity index (χ2v) is 5.82. The topological polar surface area (TPSA) is 50.2 Å². The van der Waals surface area contributed by atoms with Crippen molar-refractivity contribution < 1.29 is 4.79 Å². The van der Waals surface area contributed by atoms with Crippen LogP contribution < -0.4 is 5.32 Å². The summed E-state index contributed by atoms with van der Waals surface area (Å²) >= 11 is 0. The lowest BCUT2D eigenvalue weighted by Crippen LogP contribution is -2.26. The molecule has 1 aromatic carbocycles. The molecule has 2 rings (SSSR count). The molecule has 0 saturated carbocycles. The first-order chi connectivity index (χ1) is 10.6. The minimum absolute atomic E-state index is 0.124. The fourth-order valence-electron chi connectivity index (χ4n) is 2.49. The summed E-state index contributed by atoms with van der Waals surface area (Å²) in [5, 5.41) is 2.97. The summed E-state index contributed by atoms with van der Waals surface area (Å²) in [5.41, 5.74) is 2.19. The standard InChI is InChI=1S/C17H26N4O/c1-4-7-17(22)18-11-10-16-19-14-8-5-6-9-15(14)21(16)13-12-20(2)3/h5-6,8-9H,4,7,10-13H2,1-3H3,(H,18,22). The lowest BCUT2D eigenvalue weighted by Gasteiger charge is -2.13. The smallest absolute Gasteiger partial charge is 0.219 e. The van der Waals surface area contributed by atoms with Crippen molar-refractivity contribution >= 4 is 16.9 Å². The Morgan fingerprint density at radius 2 is 2.09 bits per heavy atom. The quantitative estimate of drug-likeness (QED) is 0.812. The van der Waals surface area contributed by atoms with Crippen LogP contribution in [-0.2, 0) is 17.8 Å². The number of benzene rings is 1. The van der Waals surface area contributed by atoms with Gasteiger partial charge in [0.2, 0.25) is 5.91 Å². The van der Waals surface area contributed by atoms with Crippen molar-refractivity contribution in [3.05, 3.63) is 30.1 Å². The normalized spacial score (nSPS) is 11.3. The monoisotopic (exact) mass is 302 g/mol. The Bertz CT molecular complexity index is 618. The molecule has 1 aromatic heterocycles. The number of hydrogen-bond acceptors (Lipinski definition) is 3. The van der Waals surface area contributed by atoms with E-state index in [1.165, 1.54) is 5.52 Å². The van der Waals surface area contributed by atoms with Crippen molar-refractivity contribution in [3.8, 4) is 0 Å². The summed E-state index contributed by atoms with van der Waals surface area (Å²) in [7, 11) is 4.15. The number of para-hydroxylation sites is 2. The number of carbonyl (C=O) groups is 1. The van der Waals surface area contributed by atoms with Crippen molar-refractivity contribution in [1.82, 2.24) is 19.8 Å². The van der Waals surface area contributed by atoms with Crippen LogP contribution in [0.4, 0.5) is 0 Å². The number of nitrogens with zero attached hydrogens (tertiary/aromatic N) is 3. The number of rotatable bonds is 8. The first-order valence-electron chi connectivity index (χ1n) is 7.97. The summed E-state index contributed by atoms with van der Waals surface area (Å²) in [6.07, 6.45) is 2.24. The molecule has 0 aliphatic heterocycles. The minimum Gasteiger partial charge on any atom is -0.356 e. The van der Waals surface area contributed by atoms with Gasteiger partial charge in [-0.15, -0.1) is 0 Å². The highest BCUT2D eigenvalue weighted by Gasteiger charge is 2.10. The number of likely N-dealkylation sites (N-methyl/N-ethyl adjacent to an activating group) is 1. The Morgan fingerprint density at radius 1 is 1.32 bits per heavy atom. The van der Waals surface area contributed by atoms with Gasteiger partial charge in [0.05, 0.1) is 11.0 Å². The maximum absolute atomic E-state index is 11.6. The van der Waals surface area contributed by atoms with Gasteiger partial charge in [-0.05, 0) is 32.6 Å². The second-order valence-electron chi connectivity index (χ2n) is 5.82. The average molecular weight is 302 g/mol. The summed E-state index contributed by atoms with van der Waals surface area (Å²) in [6.45, 7) is 4.53. The van der Waals surface area contributed by atoms with Crippen molar-refractivity contribution in [2.45, 2.75) is 32.7 Å². The van der Waals surface area contributed by atoms with Crippen molar-refractivity contribution in [2.75, 3.05) is 27.2 Å². The first-order valence-corrected chi connectivity index (χ1v) is 7.97. The predicted molar refractivity (Wildman–Crippen MR) is 89.9 cm³/mol. The molecule has 0 radical (unpaired) electrons. The van der Waals surface area contributed by atoms with Gasteiger partial charge in [0.15, 0.2) is 0 Å². The molecular formula is C17H26N4O. The van der Waals surface area contributed by atoms with E-state index < -0.39 is 0 Å². The molecule has 5 heteroatoms. The molecule has 0 aliphatic carbocycles. The van der Waals surface area contributed by atoms with Gasteiger partial charge >= 0.3 is 0 Å². The zero-order valence-electron chi connectivity index (χ0n) is 13.8. The van der Waals surface area contributed by atoms with E-state index >= 15 is 0 Å². The molecule has 0 aliphatic rings. The number of carbonyl (C=O) groups excluding carboxylic acids is 1. The van der Waals surface area contributed by atoms with Gasteiger partial charge in [-0.3, -0.25) is 4.79 Å². The van der Waals surface area contributed by atoms with Crippen LogP contribution in [0.5, 0.6) is 0 Å². The third-order valence-electron chi connectivity index (χ3n) is 3.65. The highest BCUT2D eigenvalue weighted by Crippen LogP contribution is 2.16. The predicted octanol–water partition coefficient (Wildman–Crippen LogP) is 2.06. The third kappa shape index (κ3) is 4.31. The van der Waals surface area contributed by atoms with Crippen molar-refractivity contribution in [3.63, 3.8) is 0 Å². The molecule has 1 heterocycles. The van der Waals surface area contributed by atoms with E-state index in [0.717, 1.165) is 37.3 Å². The first kappa shape index (κ1) is 16.5. The Morgan fingerprint density at radius 3 is 2.82 bits per heavy atom. The molecule has 1 amide bonds. The molecule has 0 fully saturated rings. The van der Waals surface area contributed by atoms with Crippen LogP contribution >= 0.6 is 0 Å². The van der Waals surface area contributed by atoms with Crippen LogP contribution in [0.15, 0.2) is 24.3 Å². The zero-order valence-corrected chi connectivity index (χ0v) is 13.8. The van der Waals surface area contributed by atoms with Gasteiger partial charge in [-0.1, -0.05) is 19.1 Å². The van der Waals surface area contributed by atoms with E-state index in [4.69, 9.17) is 4.98 Å². The molecule has 120 valence electrons. The highest BCUT2D eigenvalue weighted by atomic mass is 16.1. The number of nitrogens with one attached hydrogen (secondary N) is 1. The number of imidazole rings is 1. The van der Waals surface area contributed by atoms with Gasteiger partial charge in [-0.25, -0.2) is 4.98 Å². The second kappa shape index (κ2) is 7.94. The summed E-state index contributed by atoms with van der Waals surface area (Å²) in [6, 6.07) is 8.21. The Hall–Kier alpha value is -1.88. The molecule has 0 unspecified atom stereocenters. The lowest BCUT2D eigenvalue weighted by atomic mass is 10.3. The van der Waals surface area contributed by atoms with Crippen LogP contribution in [-0.4, -0.2) is 47.5 Å². The maximum Gasteiger partial charge on any atom is 0.219 e. The molecule has 22 heavy (non-hydrogen) atoms. The van der Waals surface area contributed by atoms with Gasteiger partial charge < -0.3 is 14.8 Å². The van der Waals surface area contributed by atoms with Crippen LogP contribution in [0, 0.1) is 0 Å². The maximum atomic E-state index is 11.6. The minimum atomic E-state index is 0.124. The summed E-state index contributed by atoms with van der Waals surface area (Å²) in [4.78, 5) is 18.5. The van der Waals surface area contributed by atoms with Crippen LogP contribution in [0.25, 0.3) is 11.0 Å². The Balaban J connectivity index is 2.10. The third-order valence-corrected chi connectivity index (χ3v) is 3.65. The molecule has 2 aromatic rings. The molecule has 0 atom stereocenters.